The van der Waals surface area contributed by atoms with E-state index in [2.05, 4.69) is 251 Å². The molecule has 0 N–H and O–H groups in total. The molecule has 0 bridgehead atoms. The minimum atomic E-state index is 1.08. The first kappa shape index (κ1) is 34.4. The maximum atomic E-state index is 2.45. The van der Waals surface area contributed by atoms with E-state index < -0.39 is 0 Å². The molecule has 0 unspecified atom stereocenters. The van der Waals surface area contributed by atoms with E-state index in [9.17, 15) is 0 Å². The van der Waals surface area contributed by atoms with E-state index in [4.69, 9.17) is 0 Å². The van der Waals surface area contributed by atoms with Crippen LogP contribution in [-0.2, 0) is 0 Å². The Morgan fingerprint density at radius 3 is 1.24 bits per heavy atom. The molecule has 11 aromatic rings. The van der Waals surface area contributed by atoms with Gasteiger partial charge in [-0.05, 0) is 106 Å². The number of benzene rings is 9. The van der Waals surface area contributed by atoms with Gasteiger partial charge in [0, 0.05) is 44.6 Å². The van der Waals surface area contributed by atoms with Gasteiger partial charge in [-0.2, -0.15) is 0 Å². The quantitative estimate of drug-likeness (QED) is 0.151. The van der Waals surface area contributed by atoms with E-state index >= 15 is 0 Å². The minimum absolute atomic E-state index is 1.08. The summed E-state index contributed by atoms with van der Waals surface area (Å²) in [6.07, 6.45) is 0. The van der Waals surface area contributed by atoms with Gasteiger partial charge in [-0.15, -0.1) is 0 Å². The van der Waals surface area contributed by atoms with Crippen molar-refractivity contribution < 1.29 is 0 Å². The summed E-state index contributed by atoms with van der Waals surface area (Å²) in [5.74, 6) is 0. The molecule has 0 atom stereocenters. The second-order valence-electron chi connectivity index (χ2n) is 15.0. The van der Waals surface area contributed by atoms with Crippen molar-refractivity contribution in [3.63, 3.8) is 0 Å². The van der Waals surface area contributed by atoms with Gasteiger partial charge in [0.15, 0.2) is 0 Å². The summed E-state index contributed by atoms with van der Waals surface area (Å²) < 4.78 is 4.89. The maximum Gasteiger partial charge on any atom is 0.131 e. The third-order valence-corrected chi connectivity index (χ3v) is 11.5. The van der Waals surface area contributed by atoms with Gasteiger partial charge >= 0.3 is 0 Å². The molecule has 0 aliphatic rings. The average molecular weight is 754 g/mol. The molecule has 0 saturated carbocycles. The Morgan fingerprint density at radius 1 is 0.271 bits per heavy atom. The standard InChI is InChI=1S/C56H39N3/c1-5-16-40(17-6-1)42-28-32-46(33-29-42)57(47-34-30-43(31-35-47)41-18-7-2-8-19-41)48-36-38-49(39-37-48)58-52-26-14-13-24-51(52)55-54-50(44-20-9-3-10-21-44)25-15-27-53(54)59(56(55)58)45-22-11-4-12-23-45/h1-39H. The molecule has 11 rings (SSSR count). The molecule has 0 fully saturated rings. The van der Waals surface area contributed by atoms with Crippen LogP contribution in [-0.4, -0.2) is 9.13 Å². The number of fused-ring (bicyclic) bond motifs is 5. The van der Waals surface area contributed by atoms with Crippen LogP contribution in [0, 0.1) is 0 Å². The van der Waals surface area contributed by atoms with Gasteiger partial charge in [0.1, 0.15) is 5.65 Å². The van der Waals surface area contributed by atoms with Gasteiger partial charge < -0.3 is 4.90 Å². The van der Waals surface area contributed by atoms with Crippen molar-refractivity contribution in [1.82, 2.24) is 9.13 Å². The van der Waals surface area contributed by atoms with Crippen molar-refractivity contribution in [2.45, 2.75) is 0 Å². The SMILES string of the molecule is c1ccc(-c2ccc(N(c3ccc(-c4ccccc4)cc3)c3ccc(-n4c5ccccc5c5c6c(-c7ccccc7)cccc6n(-c6ccccc6)c54)cc3)cc2)cc1. The van der Waals surface area contributed by atoms with Crippen molar-refractivity contribution >= 4 is 49.9 Å². The number of anilines is 3. The molecule has 278 valence electrons. The summed E-state index contributed by atoms with van der Waals surface area (Å²) in [5, 5.41) is 3.74. The van der Waals surface area contributed by atoms with Gasteiger partial charge in [0.05, 0.1) is 11.0 Å². The van der Waals surface area contributed by atoms with Crippen LogP contribution in [0.5, 0.6) is 0 Å². The molecule has 0 aliphatic heterocycles. The number of hydrogen-bond acceptors (Lipinski definition) is 1. The third kappa shape index (κ3) is 6.00. The van der Waals surface area contributed by atoms with Crippen molar-refractivity contribution in [3.8, 4) is 44.8 Å². The van der Waals surface area contributed by atoms with Crippen molar-refractivity contribution in [2.75, 3.05) is 4.90 Å². The van der Waals surface area contributed by atoms with Gasteiger partial charge in [0.25, 0.3) is 0 Å². The van der Waals surface area contributed by atoms with Gasteiger partial charge in [-0.1, -0.05) is 164 Å². The lowest BCUT2D eigenvalue weighted by molar-refractivity contribution is 1.07. The molecule has 0 amide bonds. The summed E-state index contributed by atoms with van der Waals surface area (Å²) in [5.41, 5.74) is 16.2. The normalized spacial score (nSPS) is 11.4. The van der Waals surface area contributed by atoms with Gasteiger partial charge in [0.2, 0.25) is 0 Å². The van der Waals surface area contributed by atoms with E-state index in [0.29, 0.717) is 0 Å². The zero-order chi connectivity index (χ0) is 39.1. The monoisotopic (exact) mass is 753 g/mol. The maximum absolute atomic E-state index is 2.45. The van der Waals surface area contributed by atoms with Crippen molar-refractivity contribution in [2.24, 2.45) is 0 Å². The lowest BCUT2D eigenvalue weighted by Crippen LogP contribution is -2.10. The zero-order valence-corrected chi connectivity index (χ0v) is 32.4. The Morgan fingerprint density at radius 2 is 0.678 bits per heavy atom. The number of para-hydroxylation sites is 2. The molecule has 0 saturated heterocycles. The van der Waals surface area contributed by atoms with E-state index in [1.807, 2.05) is 0 Å². The fourth-order valence-corrected chi connectivity index (χ4v) is 8.81. The summed E-state index contributed by atoms with van der Waals surface area (Å²) in [7, 11) is 0. The van der Waals surface area contributed by atoms with Crippen LogP contribution in [0.3, 0.4) is 0 Å². The predicted octanol–water partition coefficient (Wildman–Crippen LogP) is 15.2. The molecule has 0 radical (unpaired) electrons. The second-order valence-corrected chi connectivity index (χ2v) is 15.0. The number of aromatic nitrogens is 2. The van der Waals surface area contributed by atoms with E-state index in [0.717, 1.165) is 34.1 Å². The predicted molar refractivity (Wildman–Crippen MR) is 249 cm³/mol. The molecule has 59 heavy (non-hydrogen) atoms. The molecule has 3 nitrogen and oxygen atoms in total. The average Bonchev–Trinajstić information content (AvgIpc) is 3.84. The zero-order valence-electron chi connectivity index (χ0n) is 32.4. The Hall–Kier alpha value is -7.88. The summed E-state index contributed by atoms with van der Waals surface area (Å²) in [6, 6.07) is 85.1. The highest BCUT2D eigenvalue weighted by Gasteiger charge is 2.24. The summed E-state index contributed by atoms with van der Waals surface area (Å²) >= 11 is 0. The summed E-state index contributed by atoms with van der Waals surface area (Å²) in [6.45, 7) is 0. The van der Waals surface area contributed by atoms with E-state index in [-0.39, 0.29) is 0 Å². The Labute approximate surface area is 343 Å². The second kappa shape index (κ2) is 14.6. The Kier molecular flexibility index (Phi) is 8.49. The summed E-state index contributed by atoms with van der Waals surface area (Å²) in [4.78, 5) is 2.35. The van der Waals surface area contributed by atoms with Crippen LogP contribution in [0.25, 0.3) is 77.6 Å². The van der Waals surface area contributed by atoms with E-state index in [1.54, 1.807) is 0 Å². The number of hydrogen-bond donors (Lipinski definition) is 0. The highest BCUT2D eigenvalue weighted by atomic mass is 15.2. The fourth-order valence-electron chi connectivity index (χ4n) is 8.81. The Bertz CT molecular complexity index is 3120. The molecule has 2 heterocycles. The molecule has 3 heteroatoms. The first-order chi connectivity index (χ1) is 29.3. The number of nitrogens with zero attached hydrogens (tertiary/aromatic N) is 3. The lowest BCUT2D eigenvalue weighted by atomic mass is 9.99. The highest BCUT2D eigenvalue weighted by molar-refractivity contribution is 6.26. The van der Waals surface area contributed by atoms with E-state index in [1.165, 1.54) is 60.6 Å². The van der Waals surface area contributed by atoms with Crippen LogP contribution < -0.4 is 4.90 Å². The van der Waals surface area contributed by atoms with Gasteiger partial charge in [-0.3, -0.25) is 9.13 Å². The highest BCUT2D eigenvalue weighted by Crippen LogP contribution is 2.45. The lowest BCUT2D eigenvalue weighted by Gasteiger charge is -2.26. The Balaban J connectivity index is 1.10. The van der Waals surface area contributed by atoms with Crippen LogP contribution in [0.2, 0.25) is 0 Å². The fraction of sp³-hybridized carbons (Fsp3) is 0. The number of rotatable bonds is 8. The molecular formula is C56H39N3. The third-order valence-electron chi connectivity index (χ3n) is 11.5. The smallest absolute Gasteiger partial charge is 0.131 e. The van der Waals surface area contributed by atoms with Crippen molar-refractivity contribution in [1.29, 1.82) is 0 Å². The minimum Gasteiger partial charge on any atom is -0.311 e. The first-order valence-electron chi connectivity index (χ1n) is 20.2. The van der Waals surface area contributed by atoms with Crippen LogP contribution in [0.4, 0.5) is 17.1 Å². The molecule has 9 aromatic carbocycles. The first-order valence-corrected chi connectivity index (χ1v) is 20.2. The molecular weight excluding hydrogens is 715 g/mol. The van der Waals surface area contributed by atoms with Crippen LogP contribution >= 0.6 is 0 Å². The largest absolute Gasteiger partial charge is 0.311 e. The molecule has 2 aromatic heterocycles. The topological polar surface area (TPSA) is 13.1 Å². The molecule has 0 spiro atoms. The van der Waals surface area contributed by atoms with Crippen LogP contribution in [0.1, 0.15) is 0 Å². The molecule has 0 aliphatic carbocycles. The van der Waals surface area contributed by atoms with Gasteiger partial charge in [-0.25, -0.2) is 0 Å². The van der Waals surface area contributed by atoms with Crippen molar-refractivity contribution in [3.05, 3.63) is 237 Å². The van der Waals surface area contributed by atoms with Crippen LogP contribution in [0.15, 0.2) is 237 Å².